The average Bonchev–Trinajstić information content (AvgIpc) is 3.28. The maximum Gasteiger partial charge on any atom is 0.284 e. The molecule has 2 aromatic rings. The van der Waals surface area contributed by atoms with E-state index in [1.807, 2.05) is 18.7 Å². The first-order valence-corrected chi connectivity index (χ1v) is 8.40. The first kappa shape index (κ1) is 17.1. The van der Waals surface area contributed by atoms with Gasteiger partial charge in [0.25, 0.3) is 5.91 Å². The second kappa shape index (κ2) is 7.42. The minimum atomic E-state index is -0.566. The van der Waals surface area contributed by atoms with E-state index in [-0.39, 0.29) is 5.76 Å². The number of imidazole rings is 1. The fourth-order valence-electron chi connectivity index (χ4n) is 3.20. The van der Waals surface area contributed by atoms with Gasteiger partial charge >= 0.3 is 0 Å². The number of aromatic nitrogens is 2. The number of carbonyl (C=O) groups is 1. The first-order chi connectivity index (χ1) is 12.1. The summed E-state index contributed by atoms with van der Waals surface area (Å²) in [4.78, 5) is 21.9. The van der Waals surface area contributed by atoms with Crippen LogP contribution in [0.5, 0.6) is 0 Å². The fraction of sp³-hybridized carbons (Fsp3) is 0.471. The van der Waals surface area contributed by atoms with Crippen molar-refractivity contribution in [2.24, 2.45) is 16.6 Å². The molecule has 1 aliphatic rings. The highest BCUT2D eigenvalue weighted by atomic mass is 16.3. The Balaban J connectivity index is 1.63. The molecule has 0 radical (unpaired) electrons. The molecule has 0 aliphatic carbocycles. The zero-order chi connectivity index (χ0) is 17.8. The van der Waals surface area contributed by atoms with Crippen molar-refractivity contribution in [1.29, 1.82) is 0 Å². The SMILES string of the molecule is CN=C(NCc1ccc(C(N)=O)o1)N1CCC(C)C(n2ccnc2)C1. The Morgan fingerprint density at radius 1 is 1.52 bits per heavy atom. The van der Waals surface area contributed by atoms with E-state index >= 15 is 0 Å². The van der Waals surface area contributed by atoms with Gasteiger partial charge in [0.1, 0.15) is 5.76 Å². The van der Waals surface area contributed by atoms with Crippen LogP contribution in [0.4, 0.5) is 0 Å². The number of primary amides is 1. The molecule has 1 fully saturated rings. The van der Waals surface area contributed by atoms with E-state index in [4.69, 9.17) is 10.2 Å². The van der Waals surface area contributed by atoms with Gasteiger partial charge in [-0.3, -0.25) is 9.79 Å². The highest BCUT2D eigenvalue weighted by Gasteiger charge is 2.28. The highest BCUT2D eigenvalue weighted by Crippen LogP contribution is 2.27. The third-order valence-corrected chi connectivity index (χ3v) is 4.66. The minimum absolute atomic E-state index is 0.166. The summed E-state index contributed by atoms with van der Waals surface area (Å²) >= 11 is 0. The van der Waals surface area contributed by atoms with E-state index in [9.17, 15) is 4.79 Å². The smallest absolute Gasteiger partial charge is 0.284 e. The van der Waals surface area contributed by atoms with Crippen molar-refractivity contribution in [3.05, 3.63) is 42.4 Å². The van der Waals surface area contributed by atoms with Gasteiger partial charge in [0.2, 0.25) is 0 Å². The molecule has 8 heteroatoms. The number of nitrogens with one attached hydrogen (secondary N) is 1. The van der Waals surface area contributed by atoms with Crippen LogP contribution >= 0.6 is 0 Å². The zero-order valence-electron chi connectivity index (χ0n) is 14.6. The van der Waals surface area contributed by atoms with Crippen LogP contribution in [0.3, 0.4) is 0 Å². The number of nitrogens with two attached hydrogens (primary N) is 1. The lowest BCUT2D eigenvalue weighted by Gasteiger charge is -2.39. The van der Waals surface area contributed by atoms with Gasteiger partial charge in [-0.1, -0.05) is 6.92 Å². The van der Waals surface area contributed by atoms with Crippen LogP contribution in [0.1, 0.15) is 35.7 Å². The molecule has 134 valence electrons. The van der Waals surface area contributed by atoms with Crippen molar-refractivity contribution in [2.75, 3.05) is 20.1 Å². The quantitative estimate of drug-likeness (QED) is 0.642. The third-order valence-electron chi connectivity index (χ3n) is 4.66. The first-order valence-electron chi connectivity index (χ1n) is 8.40. The number of likely N-dealkylation sites (tertiary alicyclic amines) is 1. The average molecular weight is 344 g/mol. The highest BCUT2D eigenvalue weighted by molar-refractivity contribution is 5.89. The van der Waals surface area contributed by atoms with Gasteiger partial charge in [-0.2, -0.15) is 0 Å². The zero-order valence-corrected chi connectivity index (χ0v) is 14.6. The molecule has 1 amide bonds. The summed E-state index contributed by atoms with van der Waals surface area (Å²) < 4.78 is 7.56. The number of rotatable bonds is 4. The summed E-state index contributed by atoms with van der Waals surface area (Å²) in [6.07, 6.45) is 6.77. The lowest BCUT2D eigenvalue weighted by Crippen LogP contribution is -2.48. The van der Waals surface area contributed by atoms with Gasteiger partial charge < -0.3 is 24.9 Å². The summed E-state index contributed by atoms with van der Waals surface area (Å²) in [6, 6.07) is 3.69. The van der Waals surface area contributed by atoms with Crippen LogP contribution in [0, 0.1) is 5.92 Å². The molecule has 3 heterocycles. The Labute approximate surface area is 146 Å². The van der Waals surface area contributed by atoms with E-state index in [1.54, 1.807) is 19.2 Å². The number of nitrogens with zero attached hydrogens (tertiary/aromatic N) is 4. The normalized spacial score (nSPS) is 21.4. The van der Waals surface area contributed by atoms with Crippen LogP contribution < -0.4 is 11.1 Å². The van der Waals surface area contributed by atoms with Crippen LogP contribution in [0.25, 0.3) is 0 Å². The molecular formula is C17H24N6O2. The maximum absolute atomic E-state index is 11.1. The second-order valence-corrected chi connectivity index (χ2v) is 6.32. The predicted octanol–water partition coefficient (Wildman–Crippen LogP) is 1.23. The molecule has 0 saturated carbocycles. The maximum atomic E-state index is 11.1. The van der Waals surface area contributed by atoms with Crippen molar-refractivity contribution in [3.8, 4) is 0 Å². The monoisotopic (exact) mass is 344 g/mol. The standard InChI is InChI=1S/C17H24N6O2/c1-12-5-7-22(10-14(12)23-8-6-20-11-23)17(19-2)21-9-13-3-4-15(25-13)16(18)24/h3-4,6,8,11-12,14H,5,7,9-10H2,1-2H3,(H2,18,24)(H,19,21). The molecule has 0 spiro atoms. The number of carbonyl (C=O) groups excluding carboxylic acids is 1. The molecule has 2 atom stereocenters. The largest absolute Gasteiger partial charge is 0.454 e. The number of furan rings is 1. The molecule has 2 aromatic heterocycles. The number of hydrogen-bond acceptors (Lipinski definition) is 4. The molecular weight excluding hydrogens is 320 g/mol. The molecule has 8 nitrogen and oxygen atoms in total. The second-order valence-electron chi connectivity index (χ2n) is 6.32. The van der Waals surface area contributed by atoms with E-state index in [0.29, 0.717) is 24.3 Å². The van der Waals surface area contributed by atoms with Crippen molar-refractivity contribution in [1.82, 2.24) is 19.8 Å². The van der Waals surface area contributed by atoms with Crippen LogP contribution in [-0.4, -0.2) is 46.5 Å². The summed E-state index contributed by atoms with van der Waals surface area (Å²) in [7, 11) is 1.77. The lowest BCUT2D eigenvalue weighted by molar-refractivity contribution is 0.0972. The van der Waals surface area contributed by atoms with Crippen molar-refractivity contribution in [2.45, 2.75) is 25.9 Å². The Bertz CT molecular complexity index is 736. The minimum Gasteiger partial charge on any atom is -0.454 e. The van der Waals surface area contributed by atoms with Crippen LogP contribution in [0.15, 0.2) is 40.3 Å². The van der Waals surface area contributed by atoms with Gasteiger partial charge in [-0.15, -0.1) is 0 Å². The topological polar surface area (TPSA) is 102 Å². The van der Waals surface area contributed by atoms with Crippen LogP contribution in [0.2, 0.25) is 0 Å². The summed E-state index contributed by atoms with van der Waals surface area (Å²) in [5.74, 6) is 1.63. The Morgan fingerprint density at radius 2 is 2.36 bits per heavy atom. The Hall–Kier alpha value is -2.77. The Morgan fingerprint density at radius 3 is 3.00 bits per heavy atom. The van der Waals surface area contributed by atoms with E-state index in [2.05, 4.69) is 31.7 Å². The summed E-state index contributed by atoms with van der Waals surface area (Å²) in [6.45, 7) is 4.52. The van der Waals surface area contributed by atoms with Crippen LogP contribution in [-0.2, 0) is 6.54 Å². The molecule has 3 rings (SSSR count). The van der Waals surface area contributed by atoms with Gasteiger partial charge in [-0.25, -0.2) is 4.98 Å². The number of aliphatic imine (C=N–C) groups is 1. The third kappa shape index (κ3) is 3.84. The molecule has 3 N–H and O–H groups in total. The number of guanidine groups is 1. The van der Waals surface area contributed by atoms with Gasteiger partial charge in [0, 0.05) is 32.5 Å². The van der Waals surface area contributed by atoms with E-state index < -0.39 is 5.91 Å². The molecule has 1 saturated heterocycles. The molecule has 1 aliphatic heterocycles. The molecule has 2 unspecified atom stereocenters. The summed E-state index contributed by atoms with van der Waals surface area (Å²) in [5.41, 5.74) is 5.21. The predicted molar refractivity (Wildman–Crippen MR) is 94.0 cm³/mol. The number of piperidine rings is 1. The fourth-order valence-corrected chi connectivity index (χ4v) is 3.20. The molecule has 0 bridgehead atoms. The van der Waals surface area contributed by atoms with Crippen molar-refractivity contribution >= 4 is 11.9 Å². The molecule has 25 heavy (non-hydrogen) atoms. The number of hydrogen-bond donors (Lipinski definition) is 2. The summed E-state index contributed by atoms with van der Waals surface area (Å²) in [5, 5.41) is 3.29. The number of amides is 1. The Kier molecular flexibility index (Phi) is 5.06. The van der Waals surface area contributed by atoms with E-state index in [1.165, 1.54) is 0 Å². The van der Waals surface area contributed by atoms with Gasteiger partial charge in [0.15, 0.2) is 11.7 Å². The lowest BCUT2D eigenvalue weighted by atomic mass is 9.93. The van der Waals surface area contributed by atoms with E-state index in [0.717, 1.165) is 25.5 Å². The van der Waals surface area contributed by atoms with Crippen molar-refractivity contribution in [3.63, 3.8) is 0 Å². The molecule has 0 aromatic carbocycles. The van der Waals surface area contributed by atoms with Gasteiger partial charge in [-0.05, 0) is 24.5 Å². The van der Waals surface area contributed by atoms with Gasteiger partial charge in [0.05, 0.1) is 18.9 Å². The van der Waals surface area contributed by atoms with Crippen molar-refractivity contribution < 1.29 is 9.21 Å².